The maximum atomic E-state index is 13.6. The summed E-state index contributed by atoms with van der Waals surface area (Å²) >= 11 is 0. The number of hydrogen-bond donors (Lipinski definition) is 2. The molecule has 0 spiro atoms. The Bertz CT molecular complexity index is 866. The van der Waals surface area contributed by atoms with Gasteiger partial charge in [-0.1, -0.05) is 6.07 Å². The minimum Gasteiger partial charge on any atom is -0.494 e. The summed E-state index contributed by atoms with van der Waals surface area (Å²) in [5, 5.41) is 2.04. The number of amides is 1. The van der Waals surface area contributed by atoms with Gasteiger partial charge in [-0.15, -0.1) is 0 Å². The van der Waals surface area contributed by atoms with Gasteiger partial charge in [-0.3, -0.25) is 4.79 Å². The standard InChI is InChI=1S/C17H18F2N2O4S/c1-3-25-12-7-9-13(10-8-12)26(23,24)21-11(2)17(22)20-16-14(18)5-4-6-15(16)19/h4-11,21H,3H2,1-2H3,(H,20,22)/t11-/m0/s1. The van der Waals surface area contributed by atoms with Crippen molar-refractivity contribution in [3.63, 3.8) is 0 Å². The SMILES string of the molecule is CCOc1ccc(S(=O)(=O)N[C@@H](C)C(=O)Nc2c(F)cccc2F)cc1. The van der Waals surface area contributed by atoms with Gasteiger partial charge in [0.15, 0.2) is 0 Å². The molecule has 0 heterocycles. The van der Waals surface area contributed by atoms with Crippen molar-refractivity contribution in [1.82, 2.24) is 4.72 Å². The lowest BCUT2D eigenvalue weighted by Gasteiger charge is -2.15. The Morgan fingerprint density at radius 3 is 2.23 bits per heavy atom. The van der Waals surface area contributed by atoms with Gasteiger partial charge in [-0.25, -0.2) is 17.2 Å². The quantitative estimate of drug-likeness (QED) is 0.769. The van der Waals surface area contributed by atoms with E-state index in [2.05, 4.69) is 4.72 Å². The first-order valence-corrected chi connectivity index (χ1v) is 9.23. The number of para-hydroxylation sites is 1. The number of benzene rings is 2. The third-order valence-corrected chi connectivity index (χ3v) is 4.94. The summed E-state index contributed by atoms with van der Waals surface area (Å²) in [7, 11) is -4.00. The second kappa shape index (κ2) is 8.24. The summed E-state index contributed by atoms with van der Waals surface area (Å²) in [6.45, 7) is 3.50. The number of halogens is 2. The van der Waals surface area contributed by atoms with Crippen molar-refractivity contribution in [1.29, 1.82) is 0 Å². The number of hydrogen-bond acceptors (Lipinski definition) is 4. The maximum Gasteiger partial charge on any atom is 0.242 e. The van der Waals surface area contributed by atoms with Crippen LogP contribution < -0.4 is 14.8 Å². The third-order valence-electron chi connectivity index (χ3n) is 3.38. The highest BCUT2D eigenvalue weighted by Crippen LogP contribution is 2.19. The highest BCUT2D eigenvalue weighted by molar-refractivity contribution is 7.89. The predicted octanol–water partition coefficient (Wildman–Crippen LogP) is 2.67. The zero-order valence-corrected chi connectivity index (χ0v) is 14.9. The van der Waals surface area contributed by atoms with Crippen LogP contribution in [0.15, 0.2) is 47.4 Å². The molecule has 9 heteroatoms. The van der Waals surface area contributed by atoms with Crippen molar-refractivity contribution in [2.24, 2.45) is 0 Å². The molecule has 1 amide bonds. The smallest absolute Gasteiger partial charge is 0.242 e. The zero-order chi connectivity index (χ0) is 19.3. The van der Waals surface area contributed by atoms with Gasteiger partial charge in [0.05, 0.1) is 17.5 Å². The van der Waals surface area contributed by atoms with Crippen LogP contribution in [0.5, 0.6) is 5.75 Å². The van der Waals surface area contributed by atoms with E-state index in [1.807, 2.05) is 5.32 Å². The summed E-state index contributed by atoms with van der Waals surface area (Å²) in [4.78, 5) is 12.0. The molecule has 6 nitrogen and oxygen atoms in total. The molecule has 0 unspecified atom stereocenters. The lowest BCUT2D eigenvalue weighted by atomic mass is 10.2. The van der Waals surface area contributed by atoms with E-state index < -0.39 is 39.3 Å². The molecule has 1 atom stereocenters. The van der Waals surface area contributed by atoms with Crippen molar-refractivity contribution in [2.45, 2.75) is 24.8 Å². The summed E-state index contributed by atoms with van der Waals surface area (Å²) in [6, 6.07) is 7.47. The third kappa shape index (κ3) is 4.77. The molecule has 0 fully saturated rings. The molecule has 2 aromatic carbocycles. The Morgan fingerprint density at radius 2 is 1.69 bits per heavy atom. The van der Waals surface area contributed by atoms with Crippen LogP contribution >= 0.6 is 0 Å². The number of rotatable bonds is 7. The second-order valence-corrected chi connectivity index (χ2v) is 7.05. The molecule has 2 rings (SSSR count). The van der Waals surface area contributed by atoms with Crippen LogP contribution in [-0.2, 0) is 14.8 Å². The highest BCUT2D eigenvalue weighted by atomic mass is 32.2. The molecule has 0 aliphatic rings. The van der Waals surface area contributed by atoms with Gasteiger partial charge in [0.1, 0.15) is 23.1 Å². The van der Waals surface area contributed by atoms with Crippen molar-refractivity contribution in [3.8, 4) is 5.75 Å². The molecular weight excluding hydrogens is 366 g/mol. The number of ether oxygens (including phenoxy) is 1. The minimum atomic E-state index is -4.00. The largest absolute Gasteiger partial charge is 0.494 e. The van der Waals surface area contributed by atoms with Crippen molar-refractivity contribution in [3.05, 3.63) is 54.1 Å². The van der Waals surface area contributed by atoms with E-state index in [4.69, 9.17) is 4.74 Å². The fraction of sp³-hybridized carbons (Fsp3) is 0.235. The Labute approximate surface area is 150 Å². The van der Waals surface area contributed by atoms with E-state index in [9.17, 15) is 22.0 Å². The number of anilines is 1. The first-order chi connectivity index (χ1) is 12.2. The molecule has 0 radical (unpaired) electrons. The molecule has 140 valence electrons. The minimum absolute atomic E-state index is 0.0716. The Kier molecular flexibility index (Phi) is 6.27. The van der Waals surface area contributed by atoms with Crippen LogP contribution in [0.1, 0.15) is 13.8 Å². The summed E-state index contributed by atoms with van der Waals surface area (Å²) < 4.78 is 59.2. The molecule has 2 aromatic rings. The molecule has 0 aliphatic heterocycles. The normalized spacial score (nSPS) is 12.5. The van der Waals surface area contributed by atoms with Crippen LogP contribution in [0.3, 0.4) is 0 Å². The van der Waals surface area contributed by atoms with E-state index in [1.165, 1.54) is 31.2 Å². The van der Waals surface area contributed by atoms with Gasteiger partial charge in [-0.2, -0.15) is 4.72 Å². The van der Waals surface area contributed by atoms with Crippen LogP contribution in [0.4, 0.5) is 14.5 Å². The van der Waals surface area contributed by atoms with Gasteiger partial charge in [-0.05, 0) is 50.2 Å². The van der Waals surface area contributed by atoms with Gasteiger partial charge >= 0.3 is 0 Å². The molecule has 0 bridgehead atoms. The zero-order valence-electron chi connectivity index (χ0n) is 14.1. The topological polar surface area (TPSA) is 84.5 Å². The van der Waals surface area contributed by atoms with Crippen LogP contribution in [0.2, 0.25) is 0 Å². The second-order valence-electron chi connectivity index (χ2n) is 5.33. The van der Waals surface area contributed by atoms with Crippen LogP contribution in [-0.4, -0.2) is 27.0 Å². The molecule has 26 heavy (non-hydrogen) atoms. The number of sulfonamides is 1. The molecular formula is C17H18F2N2O4S. The van der Waals surface area contributed by atoms with E-state index in [-0.39, 0.29) is 4.90 Å². The lowest BCUT2D eigenvalue weighted by molar-refractivity contribution is -0.117. The van der Waals surface area contributed by atoms with Crippen molar-refractivity contribution < 1.29 is 26.7 Å². The fourth-order valence-electron chi connectivity index (χ4n) is 2.08. The van der Waals surface area contributed by atoms with Gasteiger partial charge in [0.25, 0.3) is 0 Å². The van der Waals surface area contributed by atoms with E-state index >= 15 is 0 Å². The Morgan fingerprint density at radius 1 is 1.12 bits per heavy atom. The molecule has 0 aromatic heterocycles. The first kappa shape index (κ1) is 19.8. The Balaban J connectivity index is 2.09. The summed E-state index contributed by atoms with van der Waals surface area (Å²) in [5.74, 6) is -2.31. The van der Waals surface area contributed by atoms with E-state index in [0.717, 1.165) is 18.2 Å². The number of carbonyl (C=O) groups excluding carboxylic acids is 1. The molecule has 0 saturated heterocycles. The monoisotopic (exact) mass is 384 g/mol. The van der Waals surface area contributed by atoms with Gasteiger partial charge in [0, 0.05) is 0 Å². The predicted molar refractivity (Wildman–Crippen MR) is 92.4 cm³/mol. The molecule has 2 N–H and O–H groups in total. The fourth-order valence-corrected chi connectivity index (χ4v) is 3.29. The van der Waals surface area contributed by atoms with Gasteiger partial charge in [0.2, 0.25) is 15.9 Å². The van der Waals surface area contributed by atoms with E-state index in [0.29, 0.717) is 12.4 Å². The van der Waals surface area contributed by atoms with Crippen LogP contribution in [0.25, 0.3) is 0 Å². The van der Waals surface area contributed by atoms with Crippen molar-refractivity contribution in [2.75, 3.05) is 11.9 Å². The number of nitrogens with one attached hydrogen (secondary N) is 2. The molecule has 0 saturated carbocycles. The van der Waals surface area contributed by atoms with E-state index in [1.54, 1.807) is 6.92 Å². The lowest BCUT2D eigenvalue weighted by Crippen LogP contribution is -2.41. The maximum absolute atomic E-state index is 13.6. The van der Waals surface area contributed by atoms with Crippen molar-refractivity contribution >= 4 is 21.6 Å². The van der Waals surface area contributed by atoms with Gasteiger partial charge < -0.3 is 10.1 Å². The average molecular weight is 384 g/mol. The first-order valence-electron chi connectivity index (χ1n) is 7.74. The highest BCUT2D eigenvalue weighted by Gasteiger charge is 2.23. The summed E-state index contributed by atoms with van der Waals surface area (Å²) in [5.41, 5.74) is -0.635. The Hall–Kier alpha value is -2.52. The number of carbonyl (C=O) groups is 1. The summed E-state index contributed by atoms with van der Waals surface area (Å²) in [6.07, 6.45) is 0. The molecule has 0 aliphatic carbocycles. The average Bonchev–Trinajstić information content (AvgIpc) is 2.58. The van der Waals surface area contributed by atoms with Crippen LogP contribution in [0, 0.1) is 11.6 Å².